The maximum atomic E-state index is 5.95. The van der Waals surface area contributed by atoms with Gasteiger partial charge in [0.15, 0.2) is 0 Å². The van der Waals surface area contributed by atoms with Crippen molar-refractivity contribution in [2.75, 3.05) is 27.2 Å². The predicted octanol–water partition coefficient (Wildman–Crippen LogP) is 2.91. The molecule has 1 N–H and O–H groups in total. The summed E-state index contributed by atoms with van der Waals surface area (Å²) in [6, 6.07) is 8.88. The minimum atomic E-state index is 0.366. The van der Waals surface area contributed by atoms with Gasteiger partial charge < -0.3 is 10.2 Å². The number of nitrogens with one attached hydrogen (secondary N) is 1. The summed E-state index contributed by atoms with van der Waals surface area (Å²) in [5.74, 6) is 0. The molecule has 1 aromatic carbocycles. The van der Waals surface area contributed by atoms with Crippen molar-refractivity contribution in [1.82, 2.24) is 10.2 Å². The van der Waals surface area contributed by atoms with E-state index in [1.807, 2.05) is 12.1 Å². The van der Waals surface area contributed by atoms with Crippen molar-refractivity contribution in [2.45, 2.75) is 31.2 Å². The summed E-state index contributed by atoms with van der Waals surface area (Å²) in [6.45, 7) is 4.40. The zero-order chi connectivity index (χ0) is 13.2. The lowest BCUT2D eigenvalue weighted by molar-refractivity contribution is 0.343. The third kappa shape index (κ3) is 3.47. The van der Waals surface area contributed by atoms with Crippen molar-refractivity contribution in [1.29, 1.82) is 0 Å². The van der Waals surface area contributed by atoms with E-state index < -0.39 is 0 Å². The molecule has 0 aromatic heterocycles. The van der Waals surface area contributed by atoms with E-state index >= 15 is 0 Å². The van der Waals surface area contributed by atoms with Gasteiger partial charge in [-0.1, -0.05) is 23.7 Å². The van der Waals surface area contributed by atoms with E-state index in [0.717, 1.165) is 18.1 Å². The average molecular weight is 267 g/mol. The molecule has 18 heavy (non-hydrogen) atoms. The first kappa shape index (κ1) is 13.9. The summed E-state index contributed by atoms with van der Waals surface area (Å²) < 4.78 is 0. The van der Waals surface area contributed by atoms with Crippen molar-refractivity contribution >= 4 is 11.6 Å². The fraction of sp³-hybridized carbons (Fsp3) is 0.600. The van der Waals surface area contributed by atoms with Gasteiger partial charge in [-0.05, 0) is 51.6 Å². The summed E-state index contributed by atoms with van der Waals surface area (Å²) >= 11 is 5.95. The van der Waals surface area contributed by atoms with Gasteiger partial charge in [0, 0.05) is 29.6 Å². The second kappa shape index (κ2) is 5.60. The Balaban J connectivity index is 1.90. The number of benzene rings is 1. The van der Waals surface area contributed by atoms with E-state index in [0.29, 0.717) is 11.5 Å². The Labute approximate surface area is 115 Å². The summed E-state index contributed by atoms with van der Waals surface area (Å²) in [5, 5.41) is 4.48. The van der Waals surface area contributed by atoms with Crippen LogP contribution in [0, 0.1) is 0 Å². The predicted molar refractivity (Wildman–Crippen MR) is 78.4 cm³/mol. The average Bonchev–Trinajstić information content (AvgIpc) is 3.08. The lowest BCUT2D eigenvalue weighted by atomic mass is 9.96. The smallest absolute Gasteiger partial charge is 0.0406 e. The number of nitrogens with zero attached hydrogens (tertiary/aromatic N) is 1. The lowest BCUT2D eigenvalue weighted by Crippen LogP contribution is -2.39. The first-order valence-corrected chi connectivity index (χ1v) is 7.04. The molecule has 0 bridgehead atoms. The van der Waals surface area contributed by atoms with Crippen LogP contribution in [0.1, 0.15) is 25.3 Å². The first-order chi connectivity index (χ1) is 8.52. The van der Waals surface area contributed by atoms with Gasteiger partial charge in [0.2, 0.25) is 0 Å². The molecular formula is C15H23ClN2. The highest BCUT2D eigenvalue weighted by Gasteiger charge is 2.43. The van der Waals surface area contributed by atoms with Crippen LogP contribution in [0.15, 0.2) is 24.3 Å². The van der Waals surface area contributed by atoms with Crippen molar-refractivity contribution in [3.8, 4) is 0 Å². The Morgan fingerprint density at radius 1 is 1.28 bits per heavy atom. The second-order valence-corrected chi connectivity index (χ2v) is 6.27. The largest absolute Gasteiger partial charge is 0.312 e. The fourth-order valence-electron chi connectivity index (χ4n) is 2.50. The van der Waals surface area contributed by atoms with Crippen molar-refractivity contribution in [3.05, 3.63) is 34.9 Å². The van der Waals surface area contributed by atoms with Crippen LogP contribution in [0.25, 0.3) is 0 Å². The molecule has 0 aliphatic heterocycles. The molecule has 2 rings (SSSR count). The zero-order valence-electron chi connectivity index (χ0n) is 11.5. The molecule has 1 unspecified atom stereocenters. The number of halogens is 1. The third-order valence-corrected chi connectivity index (χ3v) is 3.99. The Bertz CT molecular complexity index is 382. The van der Waals surface area contributed by atoms with E-state index in [-0.39, 0.29) is 0 Å². The van der Waals surface area contributed by atoms with Crippen LogP contribution < -0.4 is 5.32 Å². The van der Waals surface area contributed by atoms with Gasteiger partial charge in [-0.15, -0.1) is 0 Å². The molecule has 1 atom stereocenters. The molecule has 1 aliphatic carbocycles. The summed E-state index contributed by atoms with van der Waals surface area (Å²) in [5.41, 5.74) is 1.79. The maximum absolute atomic E-state index is 5.95. The fourth-order valence-corrected chi connectivity index (χ4v) is 2.63. The van der Waals surface area contributed by atoms with Crippen LogP contribution in [0.3, 0.4) is 0 Å². The molecule has 0 radical (unpaired) electrons. The molecule has 1 fully saturated rings. The molecule has 3 heteroatoms. The van der Waals surface area contributed by atoms with Crippen LogP contribution in [0.5, 0.6) is 0 Å². The minimum absolute atomic E-state index is 0.366. The lowest BCUT2D eigenvalue weighted by Gasteiger charge is -2.22. The quantitative estimate of drug-likeness (QED) is 0.852. The van der Waals surface area contributed by atoms with Gasteiger partial charge in [-0.2, -0.15) is 0 Å². The number of hydrogen-bond acceptors (Lipinski definition) is 2. The molecule has 0 heterocycles. The van der Waals surface area contributed by atoms with Crippen molar-refractivity contribution in [3.63, 3.8) is 0 Å². The summed E-state index contributed by atoms with van der Waals surface area (Å²) in [4.78, 5) is 2.22. The molecule has 1 saturated carbocycles. The van der Waals surface area contributed by atoms with Crippen LogP contribution in [0.4, 0.5) is 0 Å². The van der Waals surface area contributed by atoms with Crippen LogP contribution in [0.2, 0.25) is 5.02 Å². The van der Waals surface area contributed by atoms with Gasteiger partial charge in [-0.25, -0.2) is 0 Å². The Kier molecular flexibility index (Phi) is 4.31. The second-order valence-electron chi connectivity index (χ2n) is 5.83. The van der Waals surface area contributed by atoms with Gasteiger partial charge in [0.05, 0.1) is 0 Å². The number of likely N-dealkylation sites (N-methyl/N-ethyl adjacent to an activating group) is 1. The highest BCUT2D eigenvalue weighted by molar-refractivity contribution is 6.30. The topological polar surface area (TPSA) is 15.3 Å². The van der Waals surface area contributed by atoms with Crippen LogP contribution >= 0.6 is 11.6 Å². The monoisotopic (exact) mass is 266 g/mol. The highest BCUT2D eigenvalue weighted by atomic mass is 35.5. The van der Waals surface area contributed by atoms with Crippen molar-refractivity contribution in [2.24, 2.45) is 0 Å². The van der Waals surface area contributed by atoms with Gasteiger partial charge in [0.1, 0.15) is 0 Å². The van der Waals surface area contributed by atoms with E-state index in [1.54, 1.807) is 0 Å². The molecule has 1 aromatic rings. The van der Waals surface area contributed by atoms with E-state index in [4.69, 9.17) is 11.6 Å². The number of rotatable bonds is 6. The molecule has 0 spiro atoms. The van der Waals surface area contributed by atoms with E-state index in [1.165, 1.54) is 18.4 Å². The third-order valence-electron chi connectivity index (χ3n) is 3.74. The van der Waals surface area contributed by atoms with Gasteiger partial charge >= 0.3 is 0 Å². The Hall–Kier alpha value is -0.570. The van der Waals surface area contributed by atoms with Crippen LogP contribution in [-0.4, -0.2) is 38.1 Å². The normalized spacial score (nSPS) is 18.9. The van der Waals surface area contributed by atoms with Gasteiger partial charge in [0.25, 0.3) is 0 Å². The first-order valence-electron chi connectivity index (χ1n) is 6.66. The van der Waals surface area contributed by atoms with Crippen LogP contribution in [-0.2, 0) is 5.41 Å². The van der Waals surface area contributed by atoms with Crippen molar-refractivity contribution < 1.29 is 0 Å². The molecule has 2 nitrogen and oxygen atoms in total. The van der Waals surface area contributed by atoms with Gasteiger partial charge in [-0.3, -0.25) is 0 Å². The zero-order valence-corrected chi connectivity index (χ0v) is 12.3. The van der Waals surface area contributed by atoms with E-state index in [9.17, 15) is 0 Å². The highest BCUT2D eigenvalue weighted by Crippen LogP contribution is 2.47. The Morgan fingerprint density at radius 3 is 2.39 bits per heavy atom. The van der Waals surface area contributed by atoms with E-state index in [2.05, 4.69) is 43.4 Å². The number of hydrogen-bond donors (Lipinski definition) is 1. The molecule has 1 aliphatic rings. The maximum Gasteiger partial charge on any atom is 0.0406 e. The molecule has 0 amide bonds. The molecule has 0 saturated heterocycles. The molecular weight excluding hydrogens is 244 g/mol. The minimum Gasteiger partial charge on any atom is -0.312 e. The molecule has 100 valence electrons. The Morgan fingerprint density at radius 2 is 1.89 bits per heavy atom. The summed E-state index contributed by atoms with van der Waals surface area (Å²) in [6.07, 6.45) is 2.58. The standard InChI is InChI=1S/C15H23ClN2/c1-12(10-18(2)3)17-11-15(8-9-15)13-4-6-14(16)7-5-13/h4-7,12,17H,8-11H2,1-3H3. The SMILES string of the molecule is CC(CN(C)C)NCC1(c2ccc(Cl)cc2)CC1. The summed E-state index contributed by atoms with van der Waals surface area (Å²) in [7, 11) is 4.23.